The summed E-state index contributed by atoms with van der Waals surface area (Å²) in [5.41, 5.74) is -0.363. The Hall–Kier alpha value is 0.843. The van der Waals surface area contributed by atoms with Crippen molar-refractivity contribution in [3.05, 3.63) is 0 Å². The second kappa shape index (κ2) is 11.5. The van der Waals surface area contributed by atoms with Gasteiger partial charge in [-0.1, -0.05) is 13.8 Å². The minimum absolute atomic E-state index is 0. The van der Waals surface area contributed by atoms with Gasteiger partial charge in [-0.2, -0.15) is 0 Å². The number of hydrogen-bond donors (Lipinski definition) is 0. The molecular formula is C12H22O2S4Zn. The van der Waals surface area contributed by atoms with Crippen LogP contribution in [0.25, 0.3) is 0 Å². The van der Waals surface area contributed by atoms with Crippen molar-refractivity contribution in [2.45, 2.75) is 65.6 Å². The van der Waals surface area contributed by atoms with E-state index in [1.807, 2.05) is 41.5 Å². The van der Waals surface area contributed by atoms with Gasteiger partial charge in [-0.15, -0.1) is 0 Å². The molecule has 2 nitrogen and oxygen atoms in total. The van der Waals surface area contributed by atoms with Crippen LogP contribution in [-0.2, 0) is 54.2 Å². The Morgan fingerprint density at radius 1 is 0.842 bits per heavy atom. The third-order valence-corrected chi connectivity index (χ3v) is 2.76. The Kier molecular flexibility index (Phi) is 15.0. The number of ether oxygens (including phenoxy) is 2. The molecule has 7 heteroatoms. The van der Waals surface area contributed by atoms with Crippen LogP contribution in [0.5, 0.6) is 0 Å². The van der Waals surface area contributed by atoms with E-state index in [0.29, 0.717) is 0 Å². The minimum atomic E-state index is -0.182. The summed E-state index contributed by atoms with van der Waals surface area (Å²) >= 11 is 18.4. The fourth-order valence-corrected chi connectivity index (χ4v) is 1.50. The van der Waals surface area contributed by atoms with Gasteiger partial charge in [-0.25, -0.2) is 0 Å². The van der Waals surface area contributed by atoms with Crippen LogP contribution in [0.2, 0.25) is 0 Å². The van der Waals surface area contributed by atoms with E-state index in [9.17, 15) is 0 Å². The zero-order valence-corrected chi connectivity index (χ0v) is 18.8. The van der Waals surface area contributed by atoms with Crippen molar-refractivity contribution in [1.82, 2.24) is 0 Å². The van der Waals surface area contributed by atoms with Crippen LogP contribution in [0.1, 0.15) is 54.4 Å². The Balaban J connectivity index is -0.000000256. The van der Waals surface area contributed by atoms with Crippen LogP contribution in [0.15, 0.2) is 0 Å². The van der Waals surface area contributed by atoms with Crippen molar-refractivity contribution >= 4 is 58.5 Å². The zero-order valence-electron chi connectivity index (χ0n) is 12.6. The molecule has 0 aromatic heterocycles. The molecule has 0 bridgehead atoms. The van der Waals surface area contributed by atoms with Gasteiger partial charge >= 0.3 is 19.5 Å². The fourth-order valence-electron chi connectivity index (χ4n) is 0.596. The second-order valence-electron chi connectivity index (χ2n) is 4.93. The van der Waals surface area contributed by atoms with Crippen LogP contribution in [0.4, 0.5) is 0 Å². The van der Waals surface area contributed by atoms with E-state index in [-0.39, 0.29) is 39.4 Å². The van der Waals surface area contributed by atoms with Crippen LogP contribution in [0, 0.1) is 0 Å². The van der Waals surface area contributed by atoms with E-state index in [4.69, 9.17) is 9.47 Å². The molecule has 0 aromatic carbocycles. The number of thiocarbonyl (C=S) groups is 2. The molecule has 0 aliphatic carbocycles. The predicted octanol–water partition coefficient (Wildman–Crippen LogP) is 4.04. The molecule has 0 radical (unpaired) electrons. The molecule has 0 saturated carbocycles. The van der Waals surface area contributed by atoms with Crippen LogP contribution >= 0.6 is 24.4 Å². The maximum absolute atomic E-state index is 5.13. The Bertz CT molecular complexity index is 253. The average Bonchev–Trinajstić information content (AvgIpc) is 2.15. The largest absolute Gasteiger partial charge is 2.00 e. The van der Waals surface area contributed by atoms with Gasteiger partial charge in [0, 0.05) is 8.77 Å². The van der Waals surface area contributed by atoms with Crippen LogP contribution in [0.3, 0.4) is 0 Å². The summed E-state index contributed by atoms with van der Waals surface area (Å²) in [5, 5.41) is 0. The summed E-state index contributed by atoms with van der Waals surface area (Å²) in [4.78, 5) is 0. The third kappa shape index (κ3) is 18.8. The summed E-state index contributed by atoms with van der Waals surface area (Å²) in [7, 11) is 0. The molecule has 0 N–H and O–H groups in total. The van der Waals surface area contributed by atoms with Gasteiger partial charge in [0.2, 0.25) is 0 Å². The SMILES string of the molecule is CCC(C)(C)OC(=S)[S-].CCC(C)(C)OC(=S)[S-].[Zn+2]. The quantitative estimate of drug-likeness (QED) is 0.406. The first-order chi connectivity index (χ1) is 7.95. The second-order valence-corrected chi connectivity index (χ2v) is 6.93. The topological polar surface area (TPSA) is 18.5 Å². The van der Waals surface area contributed by atoms with Crippen molar-refractivity contribution in [1.29, 1.82) is 0 Å². The summed E-state index contributed by atoms with van der Waals surface area (Å²) < 4.78 is 10.7. The van der Waals surface area contributed by atoms with Gasteiger partial charge < -0.3 is 59.2 Å². The van der Waals surface area contributed by atoms with Crippen molar-refractivity contribution in [3.8, 4) is 0 Å². The molecule has 0 aliphatic heterocycles. The molecule has 19 heavy (non-hydrogen) atoms. The van der Waals surface area contributed by atoms with Gasteiger partial charge in [-0.05, 0) is 40.5 Å². The molecule has 0 amide bonds. The van der Waals surface area contributed by atoms with E-state index in [1.54, 1.807) is 0 Å². The number of hydrogen-bond acceptors (Lipinski definition) is 6. The molecular weight excluding hydrogens is 370 g/mol. The van der Waals surface area contributed by atoms with Gasteiger partial charge in [0.05, 0.1) is 0 Å². The smallest absolute Gasteiger partial charge is 0.508 e. The maximum atomic E-state index is 5.13. The van der Waals surface area contributed by atoms with Crippen molar-refractivity contribution in [3.63, 3.8) is 0 Å². The van der Waals surface area contributed by atoms with Crippen molar-refractivity contribution in [2.24, 2.45) is 0 Å². The minimum Gasteiger partial charge on any atom is -0.508 e. The summed E-state index contributed by atoms with van der Waals surface area (Å²) in [6.07, 6.45) is 1.84. The molecule has 0 aromatic rings. The monoisotopic (exact) mass is 390 g/mol. The Labute approximate surface area is 152 Å². The summed E-state index contributed by atoms with van der Waals surface area (Å²) in [5.74, 6) is 0. The molecule has 108 valence electrons. The molecule has 0 fully saturated rings. The van der Waals surface area contributed by atoms with Crippen molar-refractivity contribution < 1.29 is 29.0 Å². The molecule has 0 unspecified atom stereocenters. The molecule has 0 spiro atoms. The van der Waals surface area contributed by atoms with E-state index in [0.717, 1.165) is 12.8 Å². The van der Waals surface area contributed by atoms with Crippen LogP contribution in [-0.4, -0.2) is 20.0 Å². The van der Waals surface area contributed by atoms with Gasteiger partial charge in [0.1, 0.15) is 11.2 Å². The van der Waals surface area contributed by atoms with Gasteiger partial charge in [0.25, 0.3) is 0 Å². The predicted molar refractivity (Wildman–Crippen MR) is 90.8 cm³/mol. The molecule has 0 saturated heterocycles. The van der Waals surface area contributed by atoms with Crippen molar-refractivity contribution in [2.75, 3.05) is 0 Å². The average molecular weight is 392 g/mol. The molecule has 0 rings (SSSR count). The number of rotatable bonds is 4. The van der Waals surface area contributed by atoms with Gasteiger partial charge in [-0.3, -0.25) is 0 Å². The van der Waals surface area contributed by atoms with E-state index >= 15 is 0 Å². The normalized spacial score (nSPS) is 10.4. The fraction of sp³-hybridized carbons (Fsp3) is 0.833. The summed E-state index contributed by atoms with van der Waals surface area (Å²) in [6, 6.07) is 0. The first-order valence-electron chi connectivity index (χ1n) is 5.75. The molecule has 0 heterocycles. The van der Waals surface area contributed by atoms with Crippen LogP contribution < -0.4 is 0 Å². The molecule has 0 atom stereocenters. The van der Waals surface area contributed by atoms with E-state index in [2.05, 4.69) is 49.7 Å². The maximum Gasteiger partial charge on any atom is 2.00 e. The van der Waals surface area contributed by atoms with E-state index in [1.165, 1.54) is 0 Å². The summed E-state index contributed by atoms with van der Waals surface area (Å²) in [6.45, 7) is 11.9. The zero-order chi connectivity index (χ0) is 15.0. The van der Waals surface area contributed by atoms with Gasteiger partial charge in [0.15, 0.2) is 0 Å². The standard InChI is InChI=1S/2C6H12OS2.Zn/c2*1-4-6(2,3)7-5(8)9;/h2*4H2,1-3H3,(H,8,9);/q;;+2/p-2. The first kappa shape index (κ1) is 24.8. The Morgan fingerprint density at radius 3 is 1.11 bits per heavy atom. The third-order valence-electron chi connectivity index (χ3n) is 2.42. The first-order valence-corrected chi connectivity index (χ1v) is 7.39. The Morgan fingerprint density at radius 2 is 1.05 bits per heavy atom. The molecule has 0 aliphatic rings. The van der Waals surface area contributed by atoms with E-state index < -0.39 is 0 Å².